The molecular weight excluding hydrogens is 332 g/mol. The van der Waals surface area contributed by atoms with Crippen LogP contribution in [0.3, 0.4) is 0 Å². The topological polar surface area (TPSA) is 84.7 Å². The van der Waals surface area contributed by atoms with Crippen LogP contribution in [0.1, 0.15) is 11.1 Å². The Bertz CT molecular complexity index is 842. The average Bonchev–Trinajstić information content (AvgIpc) is 2.54. The molecule has 0 fully saturated rings. The van der Waals surface area contributed by atoms with Crippen molar-refractivity contribution in [3.05, 3.63) is 59.2 Å². The third-order valence-corrected chi connectivity index (χ3v) is 3.76. The van der Waals surface area contributed by atoms with E-state index in [2.05, 4.69) is 5.32 Å². The summed E-state index contributed by atoms with van der Waals surface area (Å²) in [5.74, 6) is -0.811. The first-order valence-electron chi connectivity index (χ1n) is 7.48. The van der Waals surface area contributed by atoms with Crippen LogP contribution in [-0.2, 0) is 17.9 Å². The van der Waals surface area contributed by atoms with Crippen LogP contribution in [0.2, 0.25) is 0 Å². The van der Waals surface area contributed by atoms with E-state index in [0.29, 0.717) is 16.9 Å². The molecule has 2 aromatic rings. The van der Waals surface area contributed by atoms with Crippen LogP contribution in [0, 0.1) is 11.6 Å². The fourth-order valence-electron chi connectivity index (χ4n) is 2.56. The molecule has 1 aliphatic rings. The number of amides is 3. The van der Waals surface area contributed by atoms with Gasteiger partial charge in [-0.3, -0.25) is 4.79 Å². The molecule has 0 aromatic heterocycles. The maximum Gasteiger partial charge on any atom is 0.312 e. The maximum absolute atomic E-state index is 13.6. The monoisotopic (exact) mass is 347 g/mol. The van der Waals surface area contributed by atoms with Crippen molar-refractivity contribution in [2.75, 3.05) is 6.54 Å². The molecule has 2 aromatic carbocycles. The number of ether oxygens (including phenoxy) is 1. The molecule has 0 aliphatic carbocycles. The summed E-state index contributed by atoms with van der Waals surface area (Å²) in [6, 6.07) is 7.06. The van der Waals surface area contributed by atoms with Gasteiger partial charge in [0.1, 0.15) is 23.1 Å². The number of nitrogens with two attached hydrogens (primary N) is 1. The zero-order valence-electron chi connectivity index (χ0n) is 13.1. The third kappa shape index (κ3) is 3.85. The molecule has 25 heavy (non-hydrogen) atoms. The van der Waals surface area contributed by atoms with Crippen molar-refractivity contribution in [3.63, 3.8) is 0 Å². The van der Waals surface area contributed by atoms with Gasteiger partial charge in [-0.05, 0) is 24.3 Å². The maximum atomic E-state index is 13.6. The predicted molar refractivity (Wildman–Crippen MR) is 84.7 cm³/mol. The molecule has 6 nitrogen and oxygen atoms in total. The van der Waals surface area contributed by atoms with E-state index < -0.39 is 23.6 Å². The number of hydrogen-bond donors (Lipinski definition) is 2. The molecule has 0 saturated carbocycles. The van der Waals surface area contributed by atoms with Gasteiger partial charge in [-0.25, -0.2) is 13.6 Å². The lowest BCUT2D eigenvalue weighted by atomic mass is 10.1. The van der Waals surface area contributed by atoms with Crippen molar-refractivity contribution in [1.82, 2.24) is 10.2 Å². The number of nitrogens with zero attached hydrogens (tertiary/aromatic N) is 1. The standard InChI is InChI=1S/C17H15F2N3O3/c18-12-3-4-14-11(5-12)9-22(16(23)7-21-17(20)24)8-10-1-2-13(19)6-15(10)25-14/h1-6H,7-9H2,(H3,20,21,24). The van der Waals surface area contributed by atoms with E-state index in [9.17, 15) is 18.4 Å². The molecule has 3 N–H and O–H groups in total. The number of hydrogen-bond acceptors (Lipinski definition) is 3. The summed E-state index contributed by atoms with van der Waals surface area (Å²) >= 11 is 0. The quantitative estimate of drug-likeness (QED) is 0.874. The van der Waals surface area contributed by atoms with Crippen LogP contribution in [0.25, 0.3) is 0 Å². The SMILES string of the molecule is NC(=O)NCC(=O)N1Cc2cc(F)ccc2Oc2cc(F)ccc2C1. The number of halogens is 2. The third-order valence-electron chi connectivity index (χ3n) is 3.76. The largest absolute Gasteiger partial charge is 0.457 e. The fraction of sp³-hybridized carbons (Fsp3) is 0.176. The average molecular weight is 347 g/mol. The minimum atomic E-state index is -0.822. The van der Waals surface area contributed by atoms with E-state index >= 15 is 0 Å². The Balaban J connectivity index is 1.98. The minimum Gasteiger partial charge on any atom is -0.457 e. The first-order valence-corrected chi connectivity index (χ1v) is 7.48. The van der Waals surface area contributed by atoms with Gasteiger partial charge in [0.25, 0.3) is 0 Å². The first kappa shape index (κ1) is 16.7. The summed E-state index contributed by atoms with van der Waals surface area (Å²) in [5.41, 5.74) is 6.00. The second-order valence-electron chi connectivity index (χ2n) is 5.57. The Morgan fingerprint density at radius 3 is 2.48 bits per heavy atom. The van der Waals surface area contributed by atoms with Gasteiger partial charge in [0.15, 0.2) is 0 Å². The van der Waals surface area contributed by atoms with Gasteiger partial charge in [-0.2, -0.15) is 0 Å². The number of fused-ring (bicyclic) bond motifs is 2. The lowest BCUT2D eigenvalue weighted by Gasteiger charge is -2.28. The van der Waals surface area contributed by atoms with Crippen LogP contribution in [0.4, 0.5) is 13.6 Å². The number of rotatable bonds is 2. The molecule has 0 bridgehead atoms. The van der Waals surface area contributed by atoms with Crippen LogP contribution >= 0.6 is 0 Å². The van der Waals surface area contributed by atoms with Gasteiger partial charge in [0.05, 0.1) is 6.54 Å². The van der Waals surface area contributed by atoms with Gasteiger partial charge >= 0.3 is 6.03 Å². The summed E-state index contributed by atoms with van der Waals surface area (Å²) in [6.07, 6.45) is 0. The van der Waals surface area contributed by atoms with Gasteiger partial charge in [-0.15, -0.1) is 0 Å². The van der Waals surface area contributed by atoms with E-state index in [4.69, 9.17) is 10.5 Å². The van der Waals surface area contributed by atoms with Crippen LogP contribution in [-0.4, -0.2) is 23.4 Å². The zero-order valence-corrected chi connectivity index (χ0v) is 13.1. The number of benzene rings is 2. The first-order chi connectivity index (χ1) is 11.9. The highest BCUT2D eigenvalue weighted by molar-refractivity contribution is 5.83. The second-order valence-corrected chi connectivity index (χ2v) is 5.57. The number of carbonyl (C=O) groups is 2. The molecule has 0 saturated heterocycles. The summed E-state index contributed by atoms with van der Waals surface area (Å²) in [7, 11) is 0. The van der Waals surface area contributed by atoms with Crippen molar-refractivity contribution < 1.29 is 23.1 Å². The molecule has 0 atom stereocenters. The number of primary amides is 1. The summed E-state index contributed by atoms with van der Waals surface area (Å²) in [4.78, 5) is 24.6. The summed E-state index contributed by atoms with van der Waals surface area (Å²) in [6.45, 7) is -0.106. The Morgan fingerprint density at radius 1 is 1.04 bits per heavy atom. The highest BCUT2D eigenvalue weighted by Gasteiger charge is 2.23. The normalized spacial score (nSPS) is 13.0. The smallest absolute Gasteiger partial charge is 0.312 e. The van der Waals surface area contributed by atoms with Crippen LogP contribution in [0.5, 0.6) is 11.5 Å². The molecule has 0 unspecified atom stereocenters. The van der Waals surface area contributed by atoms with E-state index in [0.717, 1.165) is 0 Å². The van der Waals surface area contributed by atoms with Crippen molar-refractivity contribution in [2.24, 2.45) is 5.73 Å². The Labute approximate surface area is 142 Å². The van der Waals surface area contributed by atoms with Crippen molar-refractivity contribution in [1.29, 1.82) is 0 Å². The molecule has 0 spiro atoms. The van der Waals surface area contributed by atoms with Crippen LogP contribution < -0.4 is 15.8 Å². The number of nitrogens with one attached hydrogen (secondary N) is 1. The van der Waals surface area contributed by atoms with Gasteiger partial charge in [-0.1, -0.05) is 6.07 Å². The molecule has 130 valence electrons. The van der Waals surface area contributed by atoms with Gasteiger partial charge in [0, 0.05) is 30.3 Å². The summed E-state index contributed by atoms with van der Waals surface area (Å²) in [5, 5.41) is 2.23. The number of carbonyl (C=O) groups excluding carboxylic acids is 2. The highest BCUT2D eigenvalue weighted by atomic mass is 19.1. The minimum absolute atomic E-state index is 0.0726. The van der Waals surface area contributed by atoms with Gasteiger partial charge in [0.2, 0.25) is 5.91 Å². The van der Waals surface area contributed by atoms with E-state index in [1.165, 1.54) is 41.3 Å². The molecule has 8 heteroatoms. The Kier molecular flexibility index (Phi) is 4.51. The lowest BCUT2D eigenvalue weighted by Crippen LogP contribution is -2.41. The molecule has 1 aliphatic heterocycles. The molecular formula is C17H15F2N3O3. The fourth-order valence-corrected chi connectivity index (χ4v) is 2.56. The molecule has 3 amide bonds. The van der Waals surface area contributed by atoms with Crippen molar-refractivity contribution >= 4 is 11.9 Å². The van der Waals surface area contributed by atoms with Crippen molar-refractivity contribution in [2.45, 2.75) is 13.1 Å². The van der Waals surface area contributed by atoms with E-state index in [1.807, 2.05) is 0 Å². The molecule has 0 radical (unpaired) electrons. The van der Waals surface area contributed by atoms with E-state index in [-0.39, 0.29) is 25.4 Å². The molecule has 1 heterocycles. The predicted octanol–water partition coefficient (Wildman–Crippen LogP) is 2.27. The zero-order chi connectivity index (χ0) is 18.0. The Morgan fingerprint density at radius 2 is 1.72 bits per heavy atom. The number of urea groups is 1. The van der Waals surface area contributed by atoms with Crippen LogP contribution in [0.15, 0.2) is 36.4 Å². The Hall–Kier alpha value is -3.16. The highest BCUT2D eigenvalue weighted by Crippen LogP contribution is 2.33. The van der Waals surface area contributed by atoms with Gasteiger partial charge < -0.3 is 20.7 Å². The lowest BCUT2D eigenvalue weighted by molar-refractivity contribution is -0.131. The summed E-state index contributed by atoms with van der Waals surface area (Å²) < 4.78 is 32.8. The van der Waals surface area contributed by atoms with Crippen molar-refractivity contribution in [3.8, 4) is 11.5 Å². The second kappa shape index (κ2) is 6.76. The van der Waals surface area contributed by atoms with E-state index in [1.54, 1.807) is 0 Å². The molecule has 3 rings (SSSR count).